The van der Waals surface area contributed by atoms with Crippen molar-refractivity contribution in [3.63, 3.8) is 0 Å². The first-order chi connectivity index (χ1) is 7.66. The first kappa shape index (κ1) is 12.2. The average Bonchev–Trinajstić information content (AvgIpc) is 2.27. The highest BCUT2D eigenvalue weighted by Crippen LogP contribution is 2.35. The van der Waals surface area contributed by atoms with E-state index in [-0.39, 0.29) is 5.75 Å². The van der Waals surface area contributed by atoms with Crippen LogP contribution in [0.25, 0.3) is 0 Å². The van der Waals surface area contributed by atoms with Gasteiger partial charge in [0.2, 0.25) is 0 Å². The number of phenols is 1. The number of halogens is 2. The highest BCUT2D eigenvalue weighted by molar-refractivity contribution is 7.99. The number of hydrogen-bond donors (Lipinski definition) is 2. The molecule has 16 heavy (non-hydrogen) atoms. The summed E-state index contributed by atoms with van der Waals surface area (Å²) in [6, 6.07) is 3.91. The molecule has 0 aliphatic carbocycles. The molecule has 0 bridgehead atoms. The van der Waals surface area contributed by atoms with Crippen LogP contribution < -0.4 is 5.32 Å². The van der Waals surface area contributed by atoms with Gasteiger partial charge in [-0.3, -0.25) is 0 Å². The van der Waals surface area contributed by atoms with E-state index in [1.165, 1.54) is 11.5 Å². The molecule has 1 fully saturated rings. The zero-order valence-corrected chi connectivity index (χ0v) is 11.0. The Morgan fingerprint density at radius 1 is 1.19 bits per heavy atom. The van der Waals surface area contributed by atoms with E-state index in [0.717, 1.165) is 18.5 Å². The second kappa shape index (κ2) is 5.39. The van der Waals surface area contributed by atoms with Crippen molar-refractivity contribution in [1.29, 1.82) is 0 Å². The highest BCUT2D eigenvalue weighted by Gasteiger charge is 2.14. The van der Waals surface area contributed by atoms with Crippen molar-refractivity contribution >= 4 is 40.7 Å². The molecule has 1 aliphatic heterocycles. The number of anilines is 1. The van der Waals surface area contributed by atoms with E-state index >= 15 is 0 Å². The molecule has 2 nitrogen and oxygen atoms in total. The van der Waals surface area contributed by atoms with E-state index < -0.39 is 0 Å². The fraction of sp³-hybridized carbons (Fsp3) is 0.455. The van der Waals surface area contributed by atoms with E-state index in [2.05, 4.69) is 5.32 Å². The van der Waals surface area contributed by atoms with Gasteiger partial charge in [0.15, 0.2) is 5.75 Å². The first-order valence-corrected chi connectivity index (χ1v) is 7.10. The third-order valence-electron chi connectivity index (χ3n) is 2.61. The molecule has 0 saturated carbocycles. The molecule has 0 atom stereocenters. The lowest BCUT2D eigenvalue weighted by Crippen LogP contribution is -2.24. The molecule has 0 unspecified atom stereocenters. The van der Waals surface area contributed by atoms with Crippen LogP contribution in [0.4, 0.5) is 5.69 Å². The van der Waals surface area contributed by atoms with Gasteiger partial charge in [-0.05, 0) is 36.5 Å². The molecular weight excluding hydrogens is 265 g/mol. The van der Waals surface area contributed by atoms with Crippen LogP contribution >= 0.6 is 35.0 Å². The normalized spacial score (nSPS) is 17.4. The molecule has 2 rings (SSSR count). The van der Waals surface area contributed by atoms with Gasteiger partial charge < -0.3 is 10.4 Å². The van der Waals surface area contributed by atoms with Gasteiger partial charge in [-0.1, -0.05) is 23.2 Å². The number of rotatable bonds is 2. The third-order valence-corrected chi connectivity index (χ3v) is 4.23. The number of phenolic OH excluding ortho intramolecular Hbond substituents is 1. The standard InChI is InChI=1S/C11H13Cl2NOS/c12-9-5-8(6-10(13)11(9)15)14-7-1-3-16-4-2-7/h5-7,14-15H,1-4H2. The maximum Gasteiger partial charge on any atom is 0.152 e. The van der Waals surface area contributed by atoms with Gasteiger partial charge in [0, 0.05) is 11.7 Å². The Hall–Kier alpha value is -0.250. The fourth-order valence-corrected chi connectivity index (χ4v) is 3.32. The molecule has 1 aromatic rings. The summed E-state index contributed by atoms with van der Waals surface area (Å²) in [4.78, 5) is 0. The Bertz CT molecular complexity index is 357. The quantitative estimate of drug-likeness (QED) is 0.802. The van der Waals surface area contributed by atoms with Crippen LogP contribution in [0.2, 0.25) is 10.0 Å². The van der Waals surface area contributed by atoms with E-state index in [0.29, 0.717) is 16.1 Å². The zero-order chi connectivity index (χ0) is 11.5. The van der Waals surface area contributed by atoms with Crippen LogP contribution in [0.5, 0.6) is 5.75 Å². The van der Waals surface area contributed by atoms with Crippen molar-refractivity contribution in [2.45, 2.75) is 18.9 Å². The average molecular weight is 278 g/mol. The molecule has 1 saturated heterocycles. The van der Waals surface area contributed by atoms with Crippen molar-refractivity contribution in [1.82, 2.24) is 0 Å². The zero-order valence-electron chi connectivity index (χ0n) is 8.67. The molecule has 0 amide bonds. The van der Waals surface area contributed by atoms with Gasteiger partial charge in [-0.15, -0.1) is 0 Å². The molecule has 1 aliphatic rings. The van der Waals surface area contributed by atoms with Gasteiger partial charge in [-0.25, -0.2) is 0 Å². The minimum Gasteiger partial charge on any atom is -0.505 e. The maximum atomic E-state index is 9.44. The predicted octanol–water partition coefficient (Wildman–Crippen LogP) is 4.01. The topological polar surface area (TPSA) is 32.3 Å². The smallest absolute Gasteiger partial charge is 0.152 e. The summed E-state index contributed by atoms with van der Waals surface area (Å²) in [5.41, 5.74) is 0.879. The molecular formula is C11H13Cl2NOS. The molecule has 0 radical (unpaired) electrons. The van der Waals surface area contributed by atoms with Crippen LogP contribution in [-0.4, -0.2) is 22.7 Å². The van der Waals surface area contributed by atoms with E-state index in [9.17, 15) is 5.11 Å². The summed E-state index contributed by atoms with van der Waals surface area (Å²) in [6.07, 6.45) is 2.31. The molecule has 1 aromatic carbocycles. The van der Waals surface area contributed by atoms with Crippen LogP contribution in [0.3, 0.4) is 0 Å². The SMILES string of the molecule is Oc1c(Cl)cc(NC2CCSCC2)cc1Cl. The highest BCUT2D eigenvalue weighted by atomic mass is 35.5. The lowest BCUT2D eigenvalue weighted by atomic mass is 10.1. The minimum atomic E-state index is -0.0481. The largest absolute Gasteiger partial charge is 0.505 e. The summed E-state index contributed by atoms with van der Waals surface area (Å²) in [5, 5.41) is 13.4. The first-order valence-electron chi connectivity index (χ1n) is 5.19. The number of thioether (sulfide) groups is 1. The molecule has 0 spiro atoms. The second-order valence-corrected chi connectivity index (χ2v) is 5.86. The monoisotopic (exact) mass is 277 g/mol. The number of aromatic hydroxyl groups is 1. The van der Waals surface area contributed by atoms with E-state index in [1.807, 2.05) is 11.8 Å². The summed E-state index contributed by atoms with van der Waals surface area (Å²) in [5.74, 6) is 2.34. The molecule has 0 aromatic heterocycles. The minimum absolute atomic E-state index is 0.0481. The van der Waals surface area contributed by atoms with Crippen LogP contribution in [0.15, 0.2) is 12.1 Å². The summed E-state index contributed by atoms with van der Waals surface area (Å²) in [6.45, 7) is 0. The number of hydrogen-bond acceptors (Lipinski definition) is 3. The Morgan fingerprint density at radius 2 is 1.75 bits per heavy atom. The molecule has 5 heteroatoms. The van der Waals surface area contributed by atoms with Crippen LogP contribution in [0, 0.1) is 0 Å². The Labute approximate surface area is 109 Å². The summed E-state index contributed by atoms with van der Waals surface area (Å²) >= 11 is 13.7. The van der Waals surface area contributed by atoms with Gasteiger partial charge >= 0.3 is 0 Å². The molecule has 2 N–H and O–H groups in total. The van der Waals surface area contributed by atoms with E-state index in [1.54, 1.807) is 12.1 Å². The number of benzene rings is 1. The summed E-state index contributed by atoms with van der Waals surface area (Å²) < 4.78 is 0. The Balaban J connectivity index is 2.09. The van der Waals surface area contributed by atoms with Crippen molar-refractivity contribution in [3.05, 3.63) is 22.2 Å². The van der Waals surface area contributed by atoms with Crippen molar-refractivity contribution in [2.75, 3.05) is 16.8 Å². The van der Waals surface area contributed by atoms with Crippen molar-refractivity contribution in [3.8, 4) is 5.75 Å². The van der Waals surface area contributed by atoms with Crippen LogP contribution in [0.1, 0.15) is 12.8 Å². The van der Waals surface area contributed by atoms with Gasteiger partial charge in [0.25, 0.3) is 0 Å². The number of nitrogens with one attached hydrogen (secondary N) is 1. The predicted molar refractivity (Wildman–Crippen MR) is 72.1 cm³/mol. The van der Waals surface area contributed by atoms with Gasteiger partial charge in [0.05, 0.1) is 10.0 Å². The lowest BCUT2D eigenvalue weighted by Gasteiger charge is -2.23. The van der Waals surface area contributed by atoms with E-state index in [4.69, 9.17) is 23.2 Å². The second-order valence-electron chi connectivity index (χ2n) is 3.82. The Kier molecular flexibility index (Phi) is 4.11. The lowest BCUT2D eigenvalue weighted by molar-refractivity contribution is 0.476. The molecule has 1 heterocycles. The Morgan fingerprint density at radius 3 is 2.31 bits per heavy atom. The molecule has 88 valence electrons. The maximum absolute atomic E-state index is 9.44. The third kappa shape index (κ3) is 2.90. The van der Waals surface area contributed by atoms with Gasteiger partial charge in [-0.2, -0.15) is 11.8 Å². The fourth-order valence-electron chi connectivity index (χ4n) is 1.73. The van der Waals surface area contributed by atoms with Gasteiger partial charge in [0.1, 0.15) is 0 Å². The van der Waals surface area contributed by atoms with Crippen molar-refractivity contribution in [2.24, 2.45) is 0 Å². The van der Waals surface area contributed by atoms with Crippen molar-refractivity contribution < 1.29 is 5.11 Å². The van der Waals surface area contributed by atoms with Crippen LogP contribution in [-0.2, 0) is 0 Å². The summed E-state index contributed by atoms with van der Waals surface area (Å²) in [7, 11) is 0.